The summed E-state index contributed by atoms with van der Waals surface area (Å²) in [5.41, 5.74) is 0. The zero-order chi connectivity index (χ0) is 14.5. The van der Waals surface area contributed by atoms with E-state index in [2.05, 4.69) is 5.32 Å². The Labute approximate surface area is 111 Å². The first-order valence-corrected chi connectivity index (χ1v) is 6.52. The summed E-state index contributed by atoms with van der Waals surface area (Å²) in [5.74, 6) is -2.89. The second kappa shape index (κ2) is 6.68. The number of alkyl halides is 2. The third kappa shape index (κ3) is 5.40. The maximum Gasteiger partial charge on any atom is 0.317 e. The van der Waals surface area contributed by atoms with Crippen LogP contribution in [-0.2, 0) is 4.79 Å². The highest BCUT2D eigenvalue weighted by Gasteiger charge is 2.25. The van der Waals surface area contributed by atoms with E-state index >= 15 is 0 Å². The van der Waals surface area contributed by atoms with Crippen molar-refractivity contribution in [1.82, 2.24) is 15.1 Å². The fourth-order valence-corrected chi connectivity index (χ4v) is 1.93. The summed E-state index contributed by atoms with van der Waals surface area (Å²) in [6, 6.07) is -0.449. The Balaban J connectivity index is 2.42. The molecule has 19 heavy (non-hydrogen) atoms. The van der Waals surface area contributed by atoms with Gasteiger partial charge in [-0.15, -0.1) is 0 Å². The number of hydrogen-bond acceptors (Lipinski definition) is 2. The van der Waals surface area contributed by atoms with Crippen molar-refractivity contribution in [2.45, 2.75) is 32.6 Å². The number of hydrogen-bond donors (Lipinski definition) is 1. The molecule has 0 aromatic heterocycles. The molecule has 1 aliphatic rings. The fraction of sp³-hybridized carbons (Fsp3) is 0.833. The van der Waals surface area contributed by atoms with Crippen molar-refractivity contribution in [2.75, 3.05) is 32.7 Å². The van der Waals surface area contributed by atoms with Gasteiger partial charge in [-0.05, 0) is 20.3 Å². The summed E-state index contributed by atoms with van der Waals surface area (Å²) in [7, 11) is 0. The molecule has 3 amide bonds. The summed E-state index contributed by atoms with van der Waals surface area (Å²) in [4.78, 5) is 26.6. The van der Waals surface area contributed by atoms with E-state index in [9.17, 15) is 18.4 Å². The molecular formula is C12H21F2N3O2. The largest absolute Gasteiger partial charge is 0.341 e. The van der Waals surface area contributed by atoms with E-state index in [4.69, 9.17) is 0 Å². The van der Waals surface area contributed by atoms with Crippen LogP contribution in [0.1, 0.15) is 26.7 Å². The van der Waals surface area contributed by atoms with Gasteiger partial charge in [-0.1, -0.05) is 0 Å². The van der Waals surface area contributed by atoms with E-state index in [1.807, 2.05) is 6.92 Å². The second-order valence-electron chi connectivity index (χ2n) is 4.80. The van der Waals surface area contributed by atoms with E-state index in [0.29, 0.717) is 26.1 Å². The zero-order valence-electron chi connectivity index (χ0n) is 11.4. The number of nitrogens with zero attached hydrogens (tertiary/aromatic N) is 2. The van der Waals surface area contributed by atoms with E-state index in [1.165, 1.54) is 4.90 Å². The molecule has 1 rings (SSSR count). The topological polar surface area (TPSA) is 52.6 Å². The van der Waals surface area contributed by atoms with Gasteiger partial charge >= 0.3 is 6.03 Å². The molecule has 7 heteroatoms. The van der Waals surface area contributed by atoms with Crippen LogP contribution in [0.2, 0.25) is 0 Å². The average Bonchev–Trinajstić information content (AvgIpc) is 2.48. The van der Waals surface area contributed by atoms with E-state index in [-0.39, 0.29) is 19.0 Å². The van der Waals surface area contributed by atoms with Crippen LogP contribution < -0.4 is 5.32 Å². The van der Waals surface area contributed by atoms with Crippen molar-refractivity contribution in [3.8, 4) is 0 Å². The number of carbonyl (C=O) groups excluding carboxylic acids is 2. The molecular weight excluding hydrogens is 256 g/mol. The third-order valence-electron chi connectivity index (χ3n) is 3.04. The van der Waals surface area contributed by atoms with Crippen molar-refractivity contribution >= 4 is 11.9 Å². The predicted octanol–water partition coefficient (Wildman–Crippen LogP) is 1.30. The van der Waals surface area contributed by atoms with Crippen LogP contribution in [-0.4, -0.2) is 60.4 Å². The molecule has 0 unspecified atom stereocenters. The van der Waals surface area contributed by atoms with Crippen molar-refractivity contribution in [3.05, 3.63) is 0 Å². The lowest BCUT2D eigenvalue weighted by molar-refractivity contribution is -0.130. The highest BCUT2D eigenvalue weighted by Crippen LogP contribution is 2.15. The lowest BCUT2D eigenvalue weighted by Crippen LogP contribution is -2.44. The van der Waals surface area contributed by atoms with Crippen LogP contribution >= 0.6 is 0 Å². The Morgan fingerprint density at radius 3 is 2.68 bits per heavy atom. The van der Waals surface area contributed by atoms with Gasteiger partial charge in [-0.2, -0.15) is 0 Å². The SMILES string of the molecule is CCN1CCCN(C(=O)NCCC(C)(F)F)CC1=O. The lowest BCUT2D eigenvalue weighted by Gasteiger charge is -2.21. The van der Waals surface area contributed by atoms with Crippen molar-refractivity contribution < 1.29 is 18.4 Å². The molecule has 0 aliphatic carbocycles. The molecule has 0 radical (unpaired) electrons. The molecule has 1 fully saturated rings. The molecule has 0 bridgehead atoms. The maximum atomic E-state index is 12.6. The van der Waals surface area contributed by atoms with Gasteiger partial charge in [0.15, 0.2) is 0 Å². The lowest BCUT2D eigenvalue weighted by atomic mass is 10.3. The fourth-order valence-electron chi connectivity index (χ4n) is 1.93. The quantitative estimate of drug-likeness (QED) is 0.842. The number of likely N-dealkylation sites (N-methyl/N-ethyl adjacent to an activating group) is 1. The first kappa shape index (κ1) is 15.7. The molecule has 5 nitrogen and oxygen atoms in total. The number of urea groups is 1. The Bertz CT molecular complexity index is 331. The van der Waals surface area contributed by atoms with E-state index in [0.717, 1.165) is 6.92 Å². The van der Waals surface area contributed by atoms with Crippen LogP contribution in [0.5, 0.6) is 0 Å². The van der Waals surface area contributed by atoms with Crippen LogP contribution in [0.4, 0.5) is 13.6 Å². The van der Waals surface area contributed by atoms with Crippen molar-refractivity contribution in [2.24, 2.45) is 0 Å². The molecule has 0 aromatic rings. The Morgan fingerprint density at radius 1 is 1.42 bits per heavy atom. The van der Waals surface area contributed by atoms with E-state index < -0.39 is 18.4 Å². The van der Waals surface area contributed by atoms with Crippen LogP contribution in [0, 0.1) is 0 Å². The molecule has 1 N–H and O–H groups in total. The molecule has 1 saturated heterocycles. The second-order valence-corrected chi connectivity index (χ2v) is 4.80. The minimum Gasteiger partial charge on any atom is -0.341 e. The van der Waals surface area contributed by atoms with Crippen LogP contribution in [0.25, 0.3) is 0 Å². The van der Waals surface area contributed by atoms with Gasteiger partial charge in [0.05, 0.1) is 0 Å². The van der Waals surface area contributed by atoms with Crippen molar-refractivity contribution in [3.63, 3.8) is 0 Å². The van der Waals surface area contributed by atoms with Gasteiger partial charge in [0, 0.05) is 32.6 Å². The summed E-state index contributed by atoms with van der Waals surface area (Å²) in [6.07, 6.45) is 0.304. The number of amides is 3. The molecule has 110 valence electrons. The minimum absolute atomic E-state index is 0.0161. The van der Waals surface area contributed by atoms with Gasteiger partial charge in [0.25, 0.3) is 0 Å². The summed E-state index contributed by atoms with van der Waals surface area (Å²) in [5, 5.41) is 2.43. The Morgan fingerprint density at radius 2 is 2.11 bits per heavy atom. The third-order valence-corrected chi connectivity index (χ3v) is 3.04. The molecule has 0 saturated carbocycles. The first-order chi connectivity index (χ1) is 8.83. The zero-order valence-corrected chi connectivity index (χ0v) is 11.4. The normalized spacial score (nSPS) is 17.4. The van der Waals surface area contributed by atoms with Gasteiger partial charge in [-0.3, -0.25) is 4.79 Å². The number of nitrogens with one attached hydrogen (secondary N) is 1. The van der Waals surface area contributed by atoms with Gasteiger partial charge in [0.2, 0.25) is 11.8 Å². The highest BCUT2D eigenvalue weighted by molar-refractivity contribution is 5.84. The Hall–Kier alpha value is -1.40. The van der Waals surface area contributed by atoms with Gasteiger partial charge < -0.3 is 15.1 Å². The van der Waals surface area contributed by atoms with Crippen LogP contribution in [0.3, 0.4) is 0 Å². The molecule has 0 aromatic carbocycles. The number of halogens is 2. The predicted molar refractivity (Wildman–Crippen MR) is 67.1 cm³/mol. The van der Waals surface area contributed by atoms with Gasteiger partial charge in [0.1, 0.15) is 6.54 Å². The minimum atomic E-state index is -2.79. The summed E-state index contributed by atoms with van der Waals surface area (Å²) >= 11 is 0. The standard InChI is InChI=1S/C12H21F2N3O2/c1-3-16-7-4-8-17(9-10(16)18)11(19)15-6-5-12(2,13)14/h3-9H2,1-2H3,(H,15,19). The smallest absolute Gasteiger partial charge is 0.317 e. The number of carbonyl (C=O) groups is 2. The molecule has 0 atom stereocenters. The molecule has 1 heterocycles. The number of rotatable bonds is 4. The highest BCUT2D eigenvalue weighted by atomic mass is 19.3. The summed E-state index contributed by atoms with van der Waals surface area (Å²) < 4.78 is 25.2. The molecule has 0 spiro atoms. The maximum absolute atomic E-state index is 12.6. The Kier molecular flexibility index (Phi) is 5.50. The van der Waals surface area contributed by atoms with Crippen LogP contribution in [0.15, 0.2) is 0 Å². The van der Waals surface area contributed by atoms with Gasteiger partial charge in [-0.25, -0.2) is 13.6 Å². The van der Waals surface area contributed by atoms with Crippen molar-refractivity contribution in [1.29, 1.82) is 0 Å². The summed E-state index contributed by atoms with van der Waals surface area (Å²) in [6.45, 7) is 4.34. The molecule has 1 aliphatic heterocycles. The van der Waals surface area contributed by atoms with E-state index in [1.54, 1.807) is 4.90 Å². The monoisotopic (exact) mass is 277 g/mol. The first-order valence-electron chi connectivity index (χ1n) is 6.52. The average molecular weight is 277 g/mol.